The zero-order valence-corrected chi connectivity index (χ0v) is 11.3. The van der Waals surface area contributed by atoms with Gasteiger partial charge in [0.2, 0.25) is 0 Å². The van der Waals surface area contributed by atoms with Crippen LogP contribution in [-0.4, -0.2) is 8.42 Å². The molecule has 0 saturated heterocycles. The Hall–Kier alpha value is -2.39. The van der Waals surface area contributed by atoms with E-state index in [-0.39, 0.29) is 16.2 Å². The van der Waals surface area contributed by atoms with E-state index in [1.807, 2.05) is 6.07 Å². The Bertz CT molecular complexity index is 794. The van der Waals surface area contributed by atoms with Crippen LogP contribution in [0.25, 0.3) is 0 Å². The summed E-state index contributed by atoms with van der Waals surface area (Å²) >= 11 is 0. The van der Waals surface area contributed by atoms with Gasteiger partial charge < -0.3 is 4.18 Å². The summed E-state index contributed by atoms with van der Waals surface area (Å²) in [4.78, 5) is -0.259. The first-order valence-corrected chi connectivity index (χ1v) is 7.04. The highest BCUT2D eigenvalue weighted by molar-refractivity contribution is 7.87. The molecule has 0 atom stereocenters. The van der Waals surface area contributed by atoms with E-state index in [0.717, 1.165) is 12.1 Å². The molecule has 0 aliphatic rings. The minimum absolute atomic E-state index is 0.0846. The average molecular weight is 291 g/mol. The zero-order valence-electron chi connectivity index (χ0n) is 10.5. The van der Waals surface area contributed by atoms with Crippen molar-refractivity contribution in [1.29, 1.82) is 5.26 Å². The van der Waals surface area contributed by atoms with Gasteiger partial charge in [-0.1, -0.05) is 18.2 Å². The van der Waals surface area contributed by atoms with Crippen molar-refractivity contribution in [3.05, 3.63) is 59.4 Å². The van der Waals surface area contributed by atoms with Crippen molar-refractivity contribution in [1.82, 2.24) is 0 Å². The fraction of sp³-hybridized carbons (Fsp3) is 0.0714. The maximum absolute atomic E-state index is 13.2. The predicted molar refractivity (Wildman–Crippen MR) is 70.1 cm³/mol. The summed E-state index contributed by atoms with van der Waals surface area (Å²) in [5.41, 5.74) is 0.450. The van der Waals surface area contributed by atoms with Crippen LogP contribution in [0.15, 0.2) is 47.4 Å². The minimum atomic E-state index is -4.19. The molecule has 2 aromatic carbocycles. The van der Waals surface area contributed by atoms with E-state index in [4.69, 9.17) is 9.44 Å². The fourth-order valence-corrected chi connectivity index (χ4v) is 2.83. The lowest BCUT2D eigenvalue weighted by Gasteiger charge is -2.10. The first-order chi connectivity index (χ1) is 9.44. The van der Waals surface area contributed by atoms with Crippen LogP contribution in [0.5, 0.6) is 5.75 Å². The van der Waals surface area contributed by atoms with Gasteiger partial charge in [-0.25, -0.2) is 4.39 Å². The highest BCUT2D eigenvalue weighted by Gasteiger charge is 2.21. The highest BCUT2D eigenvalue weighted by atomic mass is 32.2. The van der Waals surface area contributed by atoms with E-state index >= 15 is 0 Å². The quantitative estimate of drug-likeness (QED) is 0.815. The summed E-state index contributed by atoms with van der Waals surface area (Å²) < 4.78 is 42.4. The lowest BCUT2D eigenvalue weighted by molar-refractivity contribution is 0.483. The first kappa shape index (κ1) is 14.0. The van der Waals surface area contributed by atoms with E-state index in [1.165, 1.54) is 25.1 Å². The van der Waals surface area contributed by atoms with Gasteiger partial charge in [0.05, 0.1) is 5.56 Å². The molecule has 0 saturated carbocycles. The summed E-state index contributed by atoms with van der Waals surface area (Å²) in [6.45, 7) is 1.53. The van der Waals surface area contributed by atoms with Gasteiger partial charge in [-0.3, -0.25) is 0 Å². The molecular weight excluding hydrogens is 281 g/mol. The summed E-state index contributed by atoms with van der Waals surface area (Å²) in [7, 11) is -4.19. The smallest absolute Gasteiger partial charge is 0.339 e. The molecule has 0 fully saturated rings. The number of halogens is 1. The number of rotatable bonds is 3. The number of hydrogen-bond acceptors (Lipinski definition) is 4. The zero-order chi connectivity index (χ0) is 14.8. The number of para-hydroxylation sites is 1. The molecule has 0 N–H and O–H groups in total. The van der Waals surface area contributed by atoms with Gasteiger partial charge in [-0.15, -0.1) is 0 Å². The molecule has 0 aliphatic carbocycles. The molecule has 0 aromatic heterocycles. The van der Waals surface area contributed by atoms with Gasteiger partial charge in [0.25, 0.3) is 0 Å². The van der Waals surface area contributed by atoms with E-state index in [1.54, 1.807) is 12.1 Å². The normalized spacial score (nSPS) is 10.8. The molecule has 6 heteroatoms. The van der Waals surface area contributed by atoms with Gasteiger partial charge in [0.15, 0.2) is 5.75 Å². The Morgan fingerprint density at radius 1 is 1.20 bits per heavy atom. The van der Waals surface area contributed by atoms with Crippen LogP contribution in [0.3, 0.4) is 0 Å². The van der Waals surface area contributed by atoms with Gasteiger partial charge in [-0.05, 0) is 36.8 Å². The maximum atomic E-state index is 13.2. The molecule has 4 nitrogen and oxygen atoms in total. The molecule has 20 heavy (non-hydrogen) atoms. The lowest BCUT2D eigenvalue weighted by atomic mass is 10.2. The van der Waals surface area contributed by atoms with Crippen LogP contribution in [0.2, 0.25) is 0 Å². The number of nitriles is 1. The summed E-state index contributed by atoms with van der Waals surface area (Å²) in [5.74, 6) is -0.759. The SMILES string of the molecule is Cc1ccc(F)cc1S(=O)(=O)Oc1ccccc1C#N. The van der Waals surface area contributed by atoms with Crippen LogP contribution < -0.4 is 4.18 Å². The third kappa shape index (κ3) is 2.78. The predicted octanol–water partition coefficient (Wildman–Crippen LogP) is 2.77. The highest BCUT2D eigenvalue weighted by Crippen LogP contribution is 2.24. The van der Waals surface area contributed by atoms with Crippen molar-refractivity contribution in [2.75, 3.05) is 0 Å². The molecule has 102 valence electrons. The van der Waals surface area contributed by atoms with Crippen LogP contribution >= 0.6 is 0 Å². The minimum Gasteiger partial charge on any atom is -0.378 e. The first-order valence-electron chi connectivity index (χ1n) is 5.64. The Morgan fingerprint density at radius 2 is 1.90 bits per heavy atom. The fourth-order valence-electron chi connectivity index (χ4n) is 1.64. The van der Waals surface area contributed by atoms with Gasteiger partial charge in [-0.2, -0.15) is 13.7 Å². The topological polar surface area (TPSA) is 67.2 Å². The Labute approximate surface area is 116 Å². The Kier molecular flexibility index (Phi) is 3.72. The van der Waals surface area contributed by atoms with Crippen LogP contribution in [0.1, 0.15) is 11.1 Å². The van der Waals surface area contributed by atoms with Gasteiger partial charge in [0, 0.05) is 0 Å². The lowest BCUT2D eigenvalue weighted by Crippen LogP contribution is -2.12. The second kappa shape index (κ2) is 5.31. The monoisotopic (exact) mass is 291 g/mol. The molecule has 0 amide bonds. The molecule has 0 spiro atoms. The molecule has 0 radical (unpaired) electrons. The number of nitrogens with zero attached hydrogens (tertiary/aromatic N) is 1. The third-order valence-corrected chi connectivity index (χ3v) is 4.00. The van der Waals surface area contributed by atoms with Crippen molar-refractivity contribution >= 4 is 10.1 Å². The molecule has 0 aliphatic heterocycles. The van der Waals surface area contributed by atoms with E-state index in [2.05, 4.69) is 0 Å². The van der Waals surface area contributed by atoms with Crippen LogP contribution in [0, 0.1) is 24.1 Å². The number of hydrogen-bond donors (Lipinski definition) is 0. The van der Waals surface area contributed by atoms with Crippen molar-refractivity contribution in [2.45, 2.75) is 11.8 Å². The summed E-state index contributed by atoms with van der Waals surface area (Å²) in [5, 5.41) is 8.90. The molecule has 2 aromatic rings. The third-order valence-electron chi connectivity index (χ3n) is 2.63. The molecule has 0 bridgehead atoms. The van der Waals surface area contributed by atoms with E-state index < -0.39 is 15.9 Å². The Balaban J connectivity index is 2.47. The van der Waals surface area contributed by atoms with Crippen molar-refractivity contribution < 1.29 is 17.0 Å². The van der Waals surface area contributed by atoms with Gasteiger partial charge in [0.1, 0.15) is 16.8 Å². The van der Waals surface area contributed by atoms with Crippen LogP contribution in [0.4, 0.5) is 4.39 Å². The number of benzene rings is 2. The summed E-state index contributed by atoms with van der Waals surface area (Å²) in [6, 6.07) is 11.2. The molecule has 0 heterocycles. The molecule has 2 rings (SSSR count). The molecular formula is C14H10FNO3S. The summed E-state index contributed by atoms with van der Waals surface area (Å²) in [6.07, 6.45) is 0. The van der Waals surface area contributed by atoms with Gasteiger partial charge >= 0.3 is 10.1 Å². The van der Waals surface area contributed by atoms with E-state index in [9.17, 15) is 12.8 Å². The van der Waals surface area contributed by atoms with E-state index in [0.29, 0.717) is 5.56 Å². The van der Waals surface area contributed by atoms with Crippen molar-refractivity contribution in [2.24, 2.45) is 0 Å². The van der Waals surface area contributed by atoms with Crippen molar-refractivity contribution in [3.63, 3.8) is 0 Å². The van der Waals surface area contributed by atoms with Crippen molar-refractivity contribution in [3.8, 4) is 11.8 Å². The second-order valence-corrected chi connectivity index (χ2v) is 5.57. The Morgan fingerprint density at radius 3 is 2.60 bits per heavy atom. The largest absolute Gasteiger partial charge is 0.378 e. The standard InChI is InChI=1S/C14H10FNO3S/c1-10-6-7-12(15)8-14(10)20(17,18)19-13-5-3-2-4-11(13)9-16/h2-8H,1H3. The molecule has 0 unspecified atom stereocenters. The number of aryl methyl sites for hydroxylation is 1. The average Bonchev–Trinajstić information content (AvgIpc) is 2.41. The second-order valence-electron chi connectivity index (χ2n) is 4.06. The van der Waals surface area contributed by atoms with Crippen LogP contribution in [-0.2, 0) is 10.1 Å². The maximum Gasteiger partial charge on any atom is 0.339 e.